The van der Waals surface area contributed by atoms with Crippen molar-refractivity contribution in [3.63, 3.8) is 0 Å². The normalized spacial score (nSPS) is 18.3. The van der Waals surface area contributed by atoms with E-state index in [4.69, 9.17) is 0 Å². The molecule has 0 bridgehead atoms. The van der Waals surface area contributed by atoms with E-state index in [-0.39, 0.29) is 22.5 Å². The fourth-order valence-electron chi connectivity index (χ4n) is 2.45. The van der Waals surface area contributed by atoms with Crippen LogP contribution in [0.3, 0.4) is 0 Å². The Balaban J connectivity index is 2.16. The maximum absolute atomic E-state index is 12.2. The van der Waals surface area contributed by atoms with Gasteiger partial charge >= 0.3 is 0 Å². The number of Topliss-reactive ketones (excluding diaryl/α,β-unsaturated/α-hetero) is 1. The van der Waals surface area contributed by atoms with Gasteiger partial charge in [-0.3, -0.25) is 14.6 Å². The number of carbonyl (C=O) groups excluding carboxylic acids is 2. The molecular formula is C16H19N3O3. The van der Waals surface area contributed by atoms with Gasteiger partial charge in [-0.05, 0) is 24.5 Å². The first kappa shape index (κ1) is 15.9. The van der Waals surface area contributed by atoms with Crippen molar-refractivity contribution in [2.75, 3.05) is 0 Å². The van der Waals surface area contributed by atoms with E-state index in [1.807, 2.05) is 13.8 Å². The Bertz CT molecular complexity index is 660. The van der Waals surface area contributed by atoms with E-state index < -0.39 is 5.91 Å². The van der Waals surface area contributed by atoms with E-state index in [1.54, 1.807) is 25.3 Å². The van der Waals surface area contributed by atoms with Crippen LogP contribution in [-0.2, 0) is 4.79 Å². The Hall–Kier alpha value is -2.50. The van der Waals surface area contributed by atoms with E-state index in [2.05, 4.69) is 15.5 Å². The summed E-state index contributed by atoms with van der Waals surface area (Å²) in [5.74, 6) is -0.556. The first-order valence-corrected chi connectivity index (χ1v) is 7.00. The summed E-state index contributed by atoms with van der Waals surface area (Å²) in [6.45, 7) is 5.44. The van der Waals surface area contributed by atoms with Crippen LogP contribution in [0.4, 0.5) is 0 Å². The molecule has 22 heavy (non-hydrogen) atoms. The summed E-state index contributed by atoms with van der Waals surface area (Å²) in [6, 6.07) is 3.25. The van der Waals surface area contributed by atoms with E-state index in [0.29, 0.717) is 24.1 Å². The molecule has 0 fully saturated rings. The third-order valence-corrected chi connectivity index (χ3v) is 3.46. The number of nitrogens with one attached hydrogen (secondary N) is 1. The summed E-state index contributed by atoms with van der Waals surface area (Å²) in [4.78, 5) is 27.9. The number of aliphatic hydroxyl groups is 1. The Morgan fingerprint density at radius 3 is 2.73 bits per heavy atom. The molecule has 2 rings (SSSR count). The van der Waals surface area contributed by atoms with Gasteiger partial charge in [-0.25, -0.2) is 5.43 Å². The number of aromatic nitrogens is 1. The van der Waals surface area contributed by atoms with E-state index in [1.165, 1.54) is 6.20 Å². The van der Waals surface area contributed by atoms with Crippen molar-refractivity contribution in [1.82, 2.24) is 10.4 Å². The second-order valence-electron chi connectivity index (χ2n) is 6.14. The standard InChI is InChI=1S/C16H19N3O3/c1-10(14-12(20)7-16(2,3)8-13(14)21)18-19-15(22)11-5-4-6-17-9-11/h4-6,9,20H,7-8H2,1-3H3,(H,19,22)/b18-10-. The van der Waals surface area contributed by atoms with Gasteiger partial charge in [0.05, 0.1) is 16.8 Å². The Labute approximate surface area is 129 Å². The first-order valence-electron chi connectivity index (χ1n) is 7.00. The molecule has 1 amide bonds. The largest absolute Gasteiger partial charge is 0.511 e. The number of amides is 1. The molecule has 6 nitrogen and oxygen atoms in total. The highest BCUT2D eigenvalue weighted by Gasteiger charge is 2.34. The summed E-state index contributed by atoms with van der Waals surface area (Å²) < 4.78 is 0. The molecule has 0 spiro atoms. The monoisotopic (exact) mass is 301 g/mol. The van der Waals surface area contributed by atoms with Gasteiger partial charge in [-0.1, -0.05) is 13.8 Å². The molecule has 0 radical (unpaired) electrons. The van der Waals surface area contributed by atoms with Crippen molar-refractivity contribution in [2.24, 2.45) is 10.5 Å². The number of ketones is 1. The lowest BCUT2D eigenvalue weighted by Gasteiger charge is -2.29. The minimum Gasteiger partial charge on any atom is -0.511 e. The molecule has 1 aromatic heterocycles. The minimum atomic E-state index is -0.420. The lowest BCUT2D eigenvalue weighted by Crippen LogP contribution is -2.29. The molecular weight excluding hydrogens is 282 g/mol. The highest BCUT2D eigenvalue weighted by Crippen LogP contribution is 2.35. The number of rotatable bonds is 3. The van der Waals surface area contributed by atoms with Crippen molar-refractivity contribution in [3.8, 4) is 0 Å². The van der Waals surface area contributed by atoms with Crippen LogP contribution in [0.1, 0.15) is 44.0 Å². The number of hydrogen-bond acceptors (Lipinski definition) is 5. The highest BCUT2D eigenvalue weighted by molar-refractivity contribution is 6.22. The predicted octanol–water partition coefficient (Wildman–Crippen LogP) is 2.39. The van der Waals surface area contributed by atoms with Crippen LogP contribution >= 0.6 is 0 Å². The zero-order chi connectivity index (χ0) is 16.3. The van der Waals surface area contributed by atoms with E-state index in [0.717, 1.165) is 0 Å². The van der Waals surface area contributed by atoms with Gasteiger partial charge < -0.3 is 5.11 Å². The van der Waals surface area contributed by atoms with Gasteiger partial charge in [-0.15, -0.1) is 0 Å². The SMILES string of the molecule is C/C(=N/NC(=O)c1cccnc1)C1=C(O)CC(C)(C)CC1=O. The molecule has 0 saturated carbocycles. The average Bonchev–Trinajstić information content (AvgIpc) is 2.43. The first-order chi connectivity index (χ1) is 10.3. The Morgan fingerprint density at radius 2 is 2.14 bits per heavy atom. The van der Waals surface area contributed by atoms with E-state index >= 15 is 0 Å². The van der Waals surface area contributed by atoms with Crippen molar-refractivity contribution < 1.29 is 14.7 Å². The number of aliphatic hydroxyl groups excluding tert-OH is 1. The molecule has 6 heteroatoms. The molecule has 0 aromatic carbocycles. The molecule has 0 unspecified atom stereocenters. The molecule has 1 aromatic rings. The molecule has 0 atom stereocenters. The molecule has 1 heterocycles. The van der Waals surface area contributed by atoms with Crippen LogP contribution in [0.15, 0.2) is 41.0 Å². The van der Waals surface area contributed by atoms with Crippen LogP contribution < -0.4 is 5.43 Å². The quantitative estimate of drug-likeness (QED) is 0.662. The number of hydrazone groups is 1. The smallest absolute Gasteiger partial charge is 0.272 e. The molecule has 116 valence electrons. The van der Waals surface area contributed by atoms with Crippen molar-refractivity contribution in [2.45, 2.75) is 33.6 Å². The van der Waals surface area contributed by atoms with Crippen molar-refractivity contribution in [1.29, 1.82) is 0 Å². The molecule has 1 aliphatic rings. The summed E-state index contributed by atoms with van der Waals surface area (Å²) >= 11 is 0. The zero-order valence-corrected chi connectivity index (χ0v) is 12.9. The minimum absolute atomic E-state index is 0.0260. The van der Waals surface area contributed by atoms with Gasteiger partial charge in [0.15, 0.2) is 5.78 Å². The second-order valence-corrected chi connectivity index (χ2v) is 6.14. The number of carbonyl (C=O) groups is 2. The predicted molar refractivity (Wildman–Crippen MR) is 82.5 cm³/mol. The van der Waals surface area contributed by atoms with Gasteiger partial charge in [0.25, 0.3) is 5.91 Å². The van der Waals surface area contributed by atoms with Crippen molar-refractivity contribution >= 4 is 17.4 Å². The number of allylic oxidation sites excluding steroid dienone is 2. The fourth-order valence-corrected chi connectivity index (χ4v) is 2.45. The van der Waals surface area contributed by atoms with Gasteiger partial charge in [0.1, 0.15) is 5.76 Å². The fraction of sp³-hybridized carbons (Fsp3) is 0.375. The number of nitrogens with zero attached hydrogens (tertiary/aromatic N) is 2. The topological polar surface area (TPSA) is 91.7 Å². The van der Waals surface area contributed by atoms with Crippen molar-refractivity contribution in [3.05, 3.63) is 41.4 Å². The maximum atomic E-state index is 12.2. The third-order valence-electron chi connectivity index (χ3n) is 3.46. The lowest BCUT2D eigenvalue weighted by molar-refractivity contribution is -0.117. The number of hydrogen-bond donors (Lipinski definition) is 2. The lowest BCUT2D eigenvalue weighted by atomic mass is 9.76. The Kier molecular flexibility index (Phi) is 4.40. The van der Waals surface area contributed by atoms with E-state index in [9.17, 15) is 14.7 Å². The number of pyridine rings is 1. The highest BCUT2D eigenvalue weighted by atomic mass is 16.3. The van der Waals surface area contributed by atoms with Crippen LogP contribution in [0, 0.1) is 5.41 Å². The Morgan fingerprint density at radius 1 is 1.41 bits per heavy atom. The molecule has 0 aliphatic heterocycles. The second kappa shape index (κ2) is 6.09. The molecule has 1 aliphatic carbocycles. The van der Waals surface area contributed by atoms with Crippen LogP contribution in [-0.4, -0.2) is 27.5 Å². The van der Waals surface area contributed by atoms with Gasteiger partial charge in [-0.2, -0.15) is 5.10 Å². The summed E-state index contributed by atoms with van der Waals surface area (Å²) in [7, 11) is 0. The van der Waals surface area contributed by atoms with Crippen LogP contribution in [0.5, 0.6) is 0 Å². The van der Waals surface area contributed by atoms with Crippen LogP contribution in [0.25, 0.3) is 0 Å². The van der Waals surface area contributed by atoms with Gasteiger partial charge in [0, 0.05) is 25.2 Å². The summed E-state index contributed by atoms with van der Waals surface area (Å²) in [5, 5.41) is 14.0. The molecule has 2 N–H and O–H groups in total. The van der Waals surface area contributed by atoms with Crippen LogP contribution in [0.2, 0.25) is 0 Å². The average molecular weight is 301 g/mol. The zero-order valence-electron chi connectivity index (χ0n) is 12.9. The summed E-state index contributed by atoms with van der Waals surface area (Å²) in [5.41, 5.74) is 2.98. The maximum Gasteiger partial charge on any atom is 0.272 e. The molecule has 0 saturated heterocycles. The van der Waals surface area contributed by atoms with Gasteiger partial charge in [0.2, 0.25) is 0 Å². The summed E-state index contributed by atoms with van der Waals surface area (Å²) in [6.07, 6.45) is 3.75. The third kappa shape index (κ3) is 3.58.